The van der Waals surface area contributed by atoms with E-state index in [0.717, 1.165) is 5.69 Å². The Morgan fingerprint density at radius 3 is 2.57 bits per heavy atom. The van der Waals surface area contributed by atoms with Gasteiger partial charge in [0.1, 0.15) is 6.04 Å². The molecule has 110 valence electrons. The van der Waals surface area contributed by atoms with Crippen molar-refractivity contribution in [3.05, 3.63) is 53.6 Å². The summed E-state index contributed by atoms with van der Waals surface area (Å²) in [5, 5.41) is 3.34. The smallest absolute Gasteiger partial charge is 0.246 e. The lowest BCUT2D eigenvalue weighted by atomic mass is 10.2. The van der Waals surface area contributed by atoms with E-state index in [1.54, 1.807) is 18.2 Å². The minimum Gasteiger partial charge on any atom is -0.397 e. The third kappa shape index (κ3) is 3.67. The van der Waals surface area contributed by atoms with Gasteiger partial charge in [0, 0.05) is 17.8 Å². The summed E-state index contributed by atoms with van der Waals surface area (Å²) < 4.78 is 0. The van der Waals surface area contributed by atoms with Crippen LogP contribution in [0.4, 0.5) is 17.1 Å². The highest BCUT2D eigenvalue weighted by molar-refractivity contribution is 6.31. The first-order chi connectivity index (χ1) is 9.99. The molecule has 0 spiro atoms. The van der Waals surface area contributed by atoms with Crippen LogP contribution in [0.25, 0.3) is 0 Å². The monoisotopic (exact) mass is 303 g/mol. The number of para-hydroxylation sites is 1. The molecule has 0 aliphatic heterocycles. The second kappa shape index (κ2) is 6.50. The normalized spacial score (nSPS) is 11.8. The summed E-state index contributed by atoms with van der Waals surface area (Å²) in [7, 11) is 1.88. The first-order valence-electron chi connectivity index (χ1n) is 6.63. The SMILES string of the molecule is CC(C(=O)Nc1cc(Cl)ccc1N)N(C)c1ccccc1. The van der Waals surface area contributed by atoms with E-state index >= 15 is 0 Å². The van der Waals surface area contributed by atoms with Gasteiger partial charge in [-0.3, -0.25) is 4.79 Å². The highest BCUT2D eigenvalue weighted by Gasteiger charge is 2.19. The number of benzene rings is 2. The predicted molar refractivity (Wildman–Crippen MR) is 88.8 cm³/mol. The molecular weight excluding hydrogens is 286 g/mol. The number of anilines is 3. The van der Waals surface area contributed by atoms with Crippen LogP contribution in [0.3, 0.4) is 0 Å². The van der Waals surface area contributed by atoms with Crippen molar-refractivity contribution in [3.8, 4) is 0 Å². The van der Waals surface area contributed by atoms with Crippen LogP contribution >= 0.6 is 11.6 Å². The number of rotatable bonds is 4. The highest BCUT2D eigenvalue weighted by atomic mass is 35.5. The number of nitrogen functional groups attached to an aromatic ring is 1. The molecule has 0 aliphatic carbocycles. The number of carbonyl (C=O) groups is 1. The molecule has 0 radical (unpaired) electrons. The quantitative estimate of drug-likeness (QED) is 0.851. The Morgan fingerprint density at radius 1 is 1.24 bits per heavy atom. The molecule has 0 aliphatic rings. The van der Waals surface area contributed by atoms with Gasteiger partial charge in [-0.15, -0.1) is 0 Å². The number of nitrogens with two attached hydrogens (primary N) is 1. The summed E-state index contributed by atoms with van der Waals surface area (Å²) >= 11 is 5.92. The lowest BCUT2D eigenvalue weighted by molar-refractivity contribution is -0.117. The van der Waals surface area contributed by atoms with E-state index in [9.17, 15) is 4.79 Å². The minimum absolute atomic E-state index is 0.143. The molecular formula is C16H18ClN3O. The van der Waals surface area contributed by atoms with E-state index in [1.807, 2.05) is 49.2 Å². The number of likely N-dealkylation sites (N-methyl/N-ethyl adjacent to an activating group) is 1. The zero-order chi connectivity index (χ0) is 15.4. The lowest BCUT2D eigenvalue weighted by Crippen LogP contribution is -2.39. The Balaban J connectivity index is 2.11. The average Bonchev–Trinajstić information content (AvgIpc) is 2.50. The number of halogens is 1. The summed E-state index contributed by atoms with van der Waals surface area (Å²) in [4.78, 5) is 14.2. The number of hydrogen-bond acceptors (Lipinski definition) is 3. The van der Waals surface area contributed by atoms with E-state index in [2.05, 4.69) is 5.32 Å². The predicted octanol–water partition coefficient (Wildman–Crippen LogP) is 3.39. The number of hydrogen-bond donors (Lipinski definition) is 2. The molecule has 2 aromatic rings. The van der Waals surface area contributed by atoms with Crippen molar-refractivity contribution in [2.24, 2.45) is 0 Å². The molecule has 1 amide bonds. The summed E-state index contributed by atoms with van der Waals surface area (Å²) in [5.74, 6) is -0.143. The van der Waals surface area contributed by atoms with E-state index < -0.39 is 0 Å². The van der Waals surface area contributed by atoms with E-state index in [4.69, 9.17) is 17.3 Å². The standard InChI is InChI=1S/C16H18ClN3O/c1-11(20(2)13-6-4-3-5-7-13)16(21)19-15-10-12(17)8-9-14(15)18/h3-11H,18H2,1-2H3,(H,19,21). The Labute approximate surface area is 129 Å². The second-order valence-corrected chi connectivity index (χ2v) is 5.28. The first kappa shape index (κ1) is 15.2. The summed E-state index contributed by atoms with van der Waals surface area (Å²) in [6, 6.07) is 14.4. The van der Waals surface area contributed by atoms with Crippen molar-refractivity contribution in [1.29, 1.82) is 0 Å². The molecule has 0 bridgehead atoms. The van der Waals surface area contributed by atoms with Gasteiger partial charge in [-0.1, -0.05) is 29.8 Å². The van der Waals surface area contributed by atoms with Crippen molar-refractivity contribution < 1.29 is 4.79 Å². The molecule has 0 saturated carbocycles. The van der Waals surface area contributed by atoms with E-state index in [-0.39, 0.29) is 11.9 Å². The molecule has 0 heterocycles. The summed E-state index contributed by atoms with van der Waals surface area (Å²) in [5.41, 5.74) is 7.83. The molecule has 4 nitrogen and oxygen atoms in total. The van der Waals surface area contributed by atoms with Crippen LogP contribution < -0.4 is 16.0 Å². The Hall–Kier alpha value is -2.20. The van der Waals surface area contributed by atoms with Gasteiger partial charge in [-0.25, -0.2) is 0 Å². The molecule has 5 heteroatoms. The summed E-state index contributed by atoms with van der Waals surface area (Å²) in [6.07, 6.45) is 0. The first-order valence-corrected chi connectivity index (χ1v) is 7.00. The van der Waals surface area contributed by atoms with Gasteiger partial charge in [0.05, 0.1) is 11.4 Å². The van der Waals surface area contributed by atoms with Crippen molar-refractivity contribution >= 4 is 34.6 Å². The third-order valence-corrected chi connectivity index (χ3v) is 3.63. The summed E-state index contributed by atoms with van der Waals surface area (Å²) in [6.45, 7) is 1.84. The topological polar surface area (TPSA) is 58.4 Å². The van der Waals surface area contributed by atoms with E-state index in [1.165, 1.54) is 0 Å². The Bertz CT molecular complexity index is 631. The van der Waals surface area contributed by atoms with Gasteiger partial charge in [0.25, 0.3) is 0 Å². The molecule has 3 N–H and O–H groups in total. The van der Waals surface area contributed by atoms with E-state index in [0.29, 0.717) is 16.4 Å². The van der Waals surface area contributed by atoms with Crippen LogP contribution in [-0.4, -0.2) is 19.0 Å². The third-order valence-electron chi connectivity index (χ3n) is 3.40. The van der Waals surface area contributed by atoms with Crippen LogP contribution in [0.15, 0.2) is 48.5 Å². The molecule has 2 aromatic carbocycles. The van der Waals surface area contributed by atoms with Crippen molar-refractivity contribution in [3.63, 3.8) is 0 Å². The average molecular weight is 304 g/mol. The maximum Gasteiger partial charge on any atom is 0.246 e. The molecule has 1 unspecified atom stereocenters. The Morgan fingerprint density at radius 2 is 1.90 bits per heavy atom. The largest absolute Gasteiger partial charge is 0.397 e. The lowest BCUT2D eigenvalue weighted by Gasteiger charge is -2.26. The van der Waals surface area contributed by atoms with Gasteiger partial charge >= 0.3 is 0 Å². The highest BCUT2D eigenvalue weighted by Crippen LogP contribution is 2.23. The molecule has 2 rings (SSSR count). The number of carbonyl (C=O) groups excluding carboxylic acids is 1. The minimum atomic E-state index is -0.342. The van der Waals surface area contributed by atoms with Crippen molar-refractivity contribution in [2.75, 3.05) is 23.0 Å². The van der Waals surface area contributed by atoms with Gasteiger partial charge in [0.15, 0.2) is 0 Å². The molecule has 0 aromatic heterocycles. The van der Waals surface area contributed by atoms with Crippen molar-refractivity contribution in [2.45, 2.75) is 13.0 Å². The second-order valence-electron chi connectivity index (χ2n) is 4.84. The van der Waals surface area contributed by atoms with Crippen LogP contribution in [-0.2, 0) is 4.79 Å². The molecule has 0 saturated heterocycles. The molecule has 21 heavy (non-hydrogen) atoms. The fraction of sp³-hybridized carbons (Fsp3) is 0.188. The number of nitrogens with one attached hydrogen (secondary N) is 1. The molecule has 0 fully saturated rings. The fourth-order valence-electron chi connectivity index (χ4n) is 1.94. The van der Waals surface area contributed by atoms with Crippen molar-refractivity contribution in [1.82, 2.24) is 0 Å². The van der Waals surface area contributed by atoms with Crippen LogP contribution in [0.2, 0.25) is 5.02 Å². The number of amides is 1. The van der Waals surface area contributed by atoms with Gasteiger partial charge in [-0.05, 0) is 37.3 Å². The maximum absolute atomic E-state index is 12.3. The van der Waals surface area contributed by atoms with Gasteiger partial charge in [-0.2, -0.15) is 0 Å². The van der Waals surface area contributed by atoms with Crippen LogP contribution in [0, 0.1) is 0 Å². The van der Waals surface area contributed by atoms with Gasteiger partial charge in [0.2, 0.25) is 5.91 Å². The fourth-order valence-corrected chi connectivity index (χ4v) is 2.11. The maximum atomic E-state index is 12.3. The van der Waals surface area contributed by atoms with Gasteiger partial charge < -0.3 is 16.0 Å². The van der Waals surface area contributed by atoms with Crippen LogP contribution in [0.1, 0.15) is 6.92 Å². The zero-order valence-electron chi connectivity index (χ0n) is 12.0. The van der Waals surface area contributed by atoms with Crippen LogP contribution in [0.5, 0.6) is 0 Å². The molecule has 1 atom stereocenters. The Kier molecular flexibility index (Phi) is 4.70. The number of nitrogens with zero attached hydrogens (tertiary/aromatic N) is 1. The zero-order valence-corrected chi connectivity index (χ0v) is 12.8.